The molecule has 8 heteroatoms. The molecule has 1 aromatic carbocycles. The Labute approximate surface area is 172 Å². The Bertz CT molecular complexity index is 694. The maximum absolute atomic E-state index is 12.2. The number of ether oxygens (including phenoxy) is 2. The van der Waals surface area contributed by atoms with E-state index in [1.165, 1.54) is 0 Å². The Kier molecular flexibility index (Phi) is 7.46. The van der Waals surface area contributed by atoms with Crippen molar-refractivity contribution in [3.63, 3.8) is 0 Å². The molecule has 27 heavy (non-hydrogen) atoms. The molecule has 1 saturated heterocycles. The largest absolute Gasteiger partial charge is 0.455 e. The first-order valence-electron chi connectivity index (χ1n) is 8.84. The van der Waals surface area contributed by atoms with Crippen LogP contribution in [0.15, 0.2) is 24.3 Å². The molecule has 0 radical (unpaired) electrons. The van der Waals surface area contributed by atoms with E-state index in [-0.39, 0.29) is 24.5 Å². The number of carbonyl (C=O) groups excluding carboxylic acids is 3. The van der Waals surface area contributed by atoms with E-state index in [2.05, 4.69) is 27.9 Å². The van der Waals surface area contributed by atoms with Gasteiger partial charge in [-0.2, -0.15) is 0 Å². The summed E-state index contributed by atoms with van der Waals surface area (Å²) in [5.41, 5.74) is 0.116. The van der Waals surface area contributed by atoms with Crippen molar-refractivity contribution in [3.05, 3.63) is 27.8 Å². The van der Waals surface area contributed by atoms with Crippen LogP contribution in [0.1, 0.15) is 33.6 Å². The Morgan fingerprint density at radius 2 is 1.89 bits per heavy atom. The van der Waals surface area contributed by atoms with Gasteiger partial charge in [0.1, 0.15) is 5.60 Å². The molecule has 0 aliphatic carbocycles. The number of nitrogens with zero attached hydrogens (tertiary/aromatic N) is 1. The molecule has 1 aliphatic heterocycles. The summed E-state index contributed by atoms with van der Waals surface area (Å²) in [6.07, 6.45) is 0.624. The highest BCUT2D eigenvalue weighted by atomic mass is 127. The van der Waals surface area contributed by atoms with E-state index in [0.29, 0.717) is 31.6 Å². The highest BCUT2D eigenvalue weighted by molar-refractivity contribution is 14.1. The molecule has 2 amide bonds. The zero-order valence-corrected chi connectivity index (χ0v) is 17.9. The van der Waals surface area contributed by atoms with E-state index in [1.54, 1.807) is 11.0 Å². The van der Waals surface area contributed by atoms with E-state index in [4.69, 9.17) is 9.47 Å². The van der Waals surface area contributed by atoms with Crippen LogP contribution in [0.3, 0.4) is 0 Å². The van der Waals surface area contributed by atoms with Crippen LogP contribution in [0.25, 0.3) is 0 Å². The second-order valence-corrected chi connectivity index (χ2v) is 8.65. The van der Waals surface area contributed by atoms with Crippen LogP contribution in [-0.2, 0) is 19.1 Å². The van der Waals surface area contributed by atoms with Gasteiger partial charge in [0.25, 0.3) is 5.91 Å². The molecule has 0 aromatic heterocycles. The minimum atomic E-state index is -0.545. The smallest absolute Gasteiger partial charge is 0.410 e. The van der Waals surface area contributed by atoms with Crippen LogP contribution in [-0.4, -0.2) is 48.2 Å². The van der Waals surface area contributed by atoms with Crippen molar-refractivity contribution in [1.82, 2.24) is 4.90 Å². The van der Waals surface area contributed by atoms with Crippen LogP contribution in [0, 0.1) is 9.49 Å². The number of likely N-dealkylation sites (tertiary alicyclic amines) is 1. The third kappa shape index (κ3) is 7.36. The highest BCUT2D eigenvalue weighted by Gasteiger charge is 2.30. The van der Waals surface area contributed by atoms with E-state index in [0.717, 1.165) is 3.57 Å². The predicted octanol–water partition coefficient (Wildman–Crippen LogP) is 3.42. The van der Waals surface area contributed by atoms with Crippen molar-refractivity contribution in [3.8, 4) is 0 Å². The number of piperidine rings is 1. The zero-order chi connectivity index (χ0) is 20.0. The lowest BCUT2D eigenvalue weighted by atomic mass is 9.97. The third-order valence-electron chi connectivity index (χ3n) is 3.93. The molecule has 0 saturated carbocycles. The molecule has 0 bridgehead atoms. The van der Waals surface area contributed by atoms with Crippen molar-refractivity contribution in [2.45, 2.75) is 39.2 Å². The second kappa shape index (κ2) is 9.38. The molecule has 1 N–H and O–H groups in total. The Morgan fingerprint density at radius 1 is 1.22 bits per heavy atom. The number of amides is 2. The topological polar surface area (TPSA) is 84.9 Å². The summed E-state index contributed by atoms with van der Waals surface area (Å²) < 4.78 is 11.5. The van der Waals surface area contributed by atoms with Crippen molar-refractivity contribution >= 4 is 46.2 Å². The lowest BCUT2D eigenvalue weighted by Gasteiger charge is -2.32. The summed E-state index contributed by atoms with van der Waals surface area (Å²) in [5, 5.41) is 2.69. The van der Waals surface area contributed by atoms with E-state index >= 15 is 0 Å². The predicted molar refractivity (Wildman–Crippen MR) is 109 cm³/mol. The van der Waals surface area contributed by atoms with Crippen LogP contribution >= 0.6 is 22.6 Å². The van der Waals surface area contributed by atoms with Crippen LogP contribution in [0.2, 0.25) is 0 Å². The average molecular weight is 488 g/mol. The van der Waals surface area contributed by atoms with Gasteiger partial charge >= 0.3 is 12.1 Å². The first kappa shape index (κ1) is 21.5. The molecular formula is C19H25IN2O5. The van der Waals surface area contributed by atoms with Crippen molar-refractivity contribution in [2.75, 3.05) is 25.0 Å². The summed E-state index contributed by atoms with van der Waals surface area (Å²) in [6, 6.07) is 7.35. The van der Waals surface area contributed by atoms with Crippen LogP contribution in [0.5, 0.6) is 0 Å². The number of benzene rings is 1. The number of hydrogen-bond acceptors (Lipinski definition) is 5. The van der Waals surface area contributed by atoms with Crippen LogP contribution < -0.4 is 5.32 Å². The number of esters is 1. The molecule has 0 unspecified atom stereocenters. The molecule has 148 valence electrons. The molecular weight excluding hydrogens is 463 g/mol. The van der Waals surface area contributed by atoms with Gasteiger partial charge in [0.05, 0.1) is 5.92 Å². The monoisotopic (exact) mass is 488 g/mol. The number of hydrogen-bond donors (Lipinski definition) is 1. The first-order chi connectivity index (χ1) is 12.6. The van der Waals surface area contributed by atoms with Gasteiger partial charge in [0.15, 0.2) is 6.61 Å². The van der Waals surface area contributed by atoms with Crippen LogP contribution in [0.4, 0.5) is 10.5 Å². The molecule has 0 spiro atoms. The fraction of sp³-hybridized carbons (Fsp3) is 0.526. The summed E-state index contributed by atoms with van der Waals surface area (Å²) in [4.78, 5) is 37.7. The molecule has 1 heterocycles. The van der Waals surface area contributed by atoms with Gasteiger partial charge in [-0.1, -0.05) is 6.07 Å². The minimum absolute atomic E-state index is 0.311. The van der Waals surface area contributed by atoms with Gasteiger partial charge in [-0.3, -0.25) is 9.59 Å². The standard InChI is InChI=1S/C19H25IN2O5/c1-19(2,3)27-18(25)22-9-7-13(8-10-22)17(24)26-12-16(23)21-15-6-4-5-14(20)11-15/h4-6,11,13H,7-10,12H2,1-3H3,(H,21,23). The fourth-order valence-corrected chi connectivity index (χ4v) is 3.19. The first-order valence-corrected chi connectivity index (χ1v) is 9.92. The molecule has 1 aromatic rings. The molecule has 2 rings (SSSR count). The Morgan fingerprint density at radius 3 is 2.48 bits per heavy atom. The van der Waals surface area contributed by atoms with Gasteiger partial charge < -0.3 is 19.7 Å². The number of nitrogens with one attached hydrogen (secondary N) is 1. The molecule has 0 atom stereocenters. The lowest BCUT2D eigenvalue weighted by molar-refractivity contribution is -0.153. The summed E-state index contributed by atoms with van der Waals surface area (Å²) >= 11 is 2.15. The maximum Gasteiger partial charge on any atom is 0.410 e. The number of halogens is 1. The molecule has 7 nitrogen and oxygen atoms in total. The lowest BCUT2D eigenvalue weighted by Crippen LogP contribution is -2.43. The summed E-state index contributed by atoms with van der Waals surface area (Å²) in [5.74, 6) is -1.10. The normalized spacial score (nSPS) is 15.2. The van der Waals surface area contributed by atoms with Crippen molar-refractivity contribution in [1.29, 1.82) is 0 Å². The van der Waals surface area contributed by atoms with Gasteiger partial charge in [-0.15, -0.1) is 0 Å². The zero-order valence-electron chi connectivity index (χ0n) is 15.8. The second-order valence-electron chi connectivity index (χ2n) is 7.41. The third-order valence-corrected chi connectivity index (χ3v) is 4.60. The summed E-state index contributed by atoms with van der Waals surface area (Å²) in [7, 11) is 0. The van der Waals surface area contributed by atoms with E-state index in [1.807, 2.05) is 39.0 Å². The van der Waals surface area contributed by atoms with Gasteiger partial charge in [0, 0.05) is 22.3 Å². The molecule has 1 fully saturated rings. The average Bonchev–Trinajstić information content (AvgIpc) is 2.58. The Hall–Kier alpha value is -1.84. The minimum Gasteiger partial charge on any atom is -0.455 e. The summed E-state index contributed by atoms with van der Waals surface area (Å²) in [6.45, 7) is 5.99. The Balaban J connectivity index is 1.73. The number of anilines is 1. The number of rotatable bonds is 4. The van der Waals surface area contributed by atoms with E-state index in [9.17, 15) is 14.4 Å². The fourth-order valence-electron chi connectivity index (χ4n) is 2.64. The maximum atomic E-state index is 12.2. The van der Waals surface area contributed by atoms with Gasteiger partial charge in [0.2, 0.25) is 0 Å². The van der Waals surface area contributed by atoms with Crippen molar-refractivity contribution in [2.24, 2.45) is 5.92 Å². The molecule has 1 aliphatic rings. The van der Waals surface area contributed by atoms with Gasteiger partial charge in [-0.05, 0) is 74.4 Å². The van der Waals surface area contributed by atoms with E-state index < -0.39 is 11.6 Å². The SMILES string of the molecule is CC(C)(C)OC(=O)N1CCC(C(=O)OCC(=O)Nc2cccc(I)c2)CC1. The quantitative estimate of drug-likeness (QED) is 0.519. The number of carbonyl (C=O) groups is 3. The van der Waals surface area contributed by atoms with Gasteiger partial charge in [-0.25, -0.2) is 4.79 Å². The van der Waals surface area contributed by atoms with Crippen molar-refractivity contribution < 1.29 is 23.9 Å². The highest BCUT2D eigenvalue weighted by Crippen LogP contribution is 2.21.